The van der Waals surface area contributed by atoms with Gasteiger partial charge in [0.1, 0.15) is 18.0 Å². The number of anilines is 2. The Balaban J connectivity index is 1.88. The van der Waals surface area contributed by atoms with Gasteiger partial charge in [-0.15, -0.1) is 0 Å². The van der Waals surface area contributed by atoms with Gasteiger partial charge >= 0.3 is 0 Å². The first-order chi connectivity index (χ1) is 8.77. The molecule has 2 aliphatic rings. The lowest BCUT2D eigenvalue weighted by Gasteiger charge is -2.37. The second kappa shape index (κ2) is 4.72. The van der Waals surface area contributed by atoms with Crippen LogP contribution in [0.25, 0.3) is 0 Å². The van der Waals surface area contributed by atoms with Crippen molar-refractivity contribution in [2.24, 2.45) is 5.92 Å². The Labute approximate surface area is 108 Å². The molecule has 3 rings (SSSR count). The highest BCUT2D eigenvalue weighted by molar-refractivity contribution is 5.62. The molecule has 3 heterocycles. The molecule has 0 bridgehead atoms. The van der Waals surface area contributed by atoms with Crippen LogP contribution in [-0.4, -0.2) is 42.7 Å². The average molecular weight is 247 g/mol. The largest absolute Gasteiger partial charge is 0.369 e. The van der Waals surface area contributed by atoms with Crippen LogP contribution in [0.3, 0.4) is 0 Å². The predicted octanol–water partition coefficient (Wildman–Crippen LogP) is 0.879. The van der Waals surface area contributed by atoms with Gasteiger partial charge in [0.2, 0.25) is 0 Å². The molecular formula is C13H21N5. The van der Waals surface area contributed by atoms with Crippen LogP contribution in [0.1, 0.15) is 18.9 Å². The normalized spacial score (nSPS) is 26.6. The van der Waals surface area contributed by atoms with Gasteiger partial charge in [-0.1, -0.05) is 6.92 Å². The lowest BCUT2D eigenvalue weighted by molar-refractivity contribution is 0.337. The van der Waals surface area contributed by atoms with E-state index in [2.05, 4.69) is 39.5 Å². The van der Waals surface area contributed by atoms with E-state index < -0.39 is 0 Å². The minimum atomic E-state index is 0.526. The third-order valence-corrected chi connectivity index (χ3v) is 4.21. The van der Waals surface area contributed by atoms with E-state index in [4.69, 9.17) is 0 Å². The summed E-state index contributed by atoms with van der Waals surface area (Å²) in [6.07, 6.45) is 3.94. The Kier molecular flexibility index (Phi) is 3.07. The number of hydrogen-bond donors (Lipinski definition) is 2. The highest BCUT2D eigenvalue weighted by atomic mass is 15.2. The van der Waals surface area contributed by atoms with Gasteiger partial charge in [0.15, 0.2) is 0 Å². The molecule has 0 aliphatic carbocycles. The molecule has 0 amide bonds. The maximum absolute atomic E-state index is 4.51. The number of piperidine rings is 1. The molecule has 2 aliphatic heterocycles. The summed E-state index contributed by atoms with van der Waals surface area (Å²) >= 11 is 0. The fourth-order valence-corrected chi connectivity index (χ4v) is 3.04. The minimum absolute atomic E-state index is 0.526. The molecule has 0 aromatic carbocycles. The van der Waals surface area contributed by atoms with E-state index >= 15 is 0 Å². The van der Waals surface area contributed by atoms with E-state index in [9.17, 15) is 0 Å². The van der Waals surface area contributed by atoms with E-state index in [1.165, 1.54) is 12.0 Å². The quantitative estimate of drug-likeness (QED) is 0.812. The first-order valence-corrected chi connectivity index (χ1v) is 6.78. The van der Waals surface area contributed by atoms with Crippen molar-refractivity contribution in [3.05, 3.63) is 11.9 Å². The molecule has 1 saturated heterocycles. The summed E-state index contributed by atoms with van der Waals surface area (Å²) in [7, 11) is 2.16. The zero-order valence-corrected chi connectivity index (χ0v) is 11.1. The topological polar surface area (TPSA) is 53.1 Å². The number of nitrogens with zero attached hydrogens (tertiary/aromatic N) is 3. The molecule has 18 heavy (non-hydrogen) atoms. The van der Waals surface area contributed by atoms with Crippen molar-refractivity contribution in [3.8, 4) is 0 Å². The van der Waals surface area contributed by atoms with Gasteiger partial charge in [-0.3, -0.25) is 0 Å². The monoisotopic (exact) mass is 247 g/mol. The highest BCUT2D eigenvalue weighted by Gasteiger charge is 2.28. The molecular weight excluding hydrogens is 226 g/mol. The number of aromatic nitrogens is 2. The van der Waals surface area contributed by atoms with Gasteiger partial charge in [0.25, 0.3) is 0 Å². The van der Waals surface area contributed by atoms with Gasteiger partial charge in [0, 0.05) is 31.7 Å². The minimum Gasteiger partial charge on any atom is -0.369 e. The van der Waals surface area contributed by atoms with Crippen molar-refractivity contribution in [3.63, 3.8) is 0 Å². The number of nitrogens with one attached hydrogen (secondary N) is 2. The van der Waals surface area contributed by atoms with E-state index in [1.807, 2.05) is 0 Å². The first kappa shape index (κ1) is 11.7. The molecule has 2 N–H and O–H groups in total. The first-order valence-electron chi connectivity index (χ1n) is 6.78. The van der Waals surface area contributed by atoms with Crippen LogP contribution in [-0.2, 0) is 6.42 Å². The van der Waals surface area contributed by atoms with E-state index in [1.54, 1.807) is 6.33 Å². The Hall–Kier alpha value is -1.36. The molecule has 1 fully saturated rings. The summed E-state index contributed by atoms with van der Waals surface area (Å²) in [6, 6.07) is 0.526. The summed E-state index contributed by atoms with van der Waals surface area (Å²) < 4.78 is 0. The molecule has 5 nitrogen and oxygen atoms in total. The van der Waals surface area contributed by atoms with Crippen molar-refractivity contribution in [2.75, 3.05) is 36.9 Å². The van der Waals surface area contributed by atoms with Crippen LogP contribution in [0.4, 0.5) is 11.6 Å². The molecule has 0 saturated carbocycles. The van der Waals surface area contributed by atoms with Crippen LogP contribution in [0, 0.1) is 5.92 Å². The van der Waals surface area contributed by atoms with Gasteiger partial charge in [-0.05, 0) is 25.3 Å². The van der Waals surface area contributed by atoms with Crippen LogP contribution in [0.15, 0.2) is 6.33 Å². The van der Waals surface area contributed by atoms with Crippen LogP contribution < -0.4 is 15.5 Å². The lowest BCUT2D eigenvalue weighted by atomic mass is 9.93. The lowest BCUT2D eigenvalue weighted by Crippen LogP contribution is -2.49. The highest BCUT2D eigenvalue weighted by Crippen LogP contribution is 2.30. The summed E-state index contributed by atoms with van der Waals surface area (Å²) in [4.78, 5) is 11.1. The Bertz CT molecular complexity index is 433. The number of fused-ring (bicyclic) bond motifs is 1. The second-order valence-electron chi connectivity index (χ2n) is 5.35. The molecule has 0 unspecified atom stereocenters. The Morgan fingerprint density at radius 1 is 1.33 bits per heavy atom. The van der Waals surface area contributed by atoms with Gasteiger partial charge < -0.3 is 15.5 Å². The van der Waals surface area contributed by atoms with Crippen molar-refractivity contribution in [1.29, 1.82) is 0 Å². The second-order valence-corrected chi connectivity index (χ2v) is 5.35. The third-order valence-electron chi connectivity index (χ3n) is 4.21. The molecule has 1 aromatic heterocycles. The fourth-order valence-electron chi connectivity index (χ4n) is 3.04. The third kappa shape index (κ3) is 1.92. The maximum atomic E-state index is 4.51. The molecule has 5 heteroatoms. The molecule has 1 aromatic rings. The SMILES string of the molecule is C[C@@H]1CCNC[C@@H]1N(C)c1ncnc2c1CCN2. The summed E-state index contributed by atoms with van der Waals surface area (Å²) in [5, 5.41) is 6.80. The van der Waals surface area contributed by atoms with E-state index in [-0.39, 0.29) is 0 Å². The zero-order chi connectivity index (χ0) is 12.5. The Morgan fingerprint density at radius 3 is 3.06 bits per heavy atom. The molecule has 98 valence electrons. The van der Waals surface area contributed by atoms with Gasteiger partial charge in [-0.25, -0.2) is 9.97 Å². The number of hydrogen-bond acceptors (Lipinski definition) is 5. The van der Waals surface area contributed by atoms with Crippen LogP contribution in [0.2, 0.25) is 0 Å². The number of likely N-dealkylation sites (N-methyl/N-ethyl adjacent to an activating group) is 1. The number of rotatable bonds is 2. The molecule has 2 atom stereocenters. The predicted molar refractivity (Wildman–Crippen MR) is 73.1 cm³/mol. The molecule has 0 spiro atoms. The maximum Gasteiger partial charge on any atom is 0.137 e. The van der Waals surface area contributed by atoms with Crippen molar-refractivity contribution in [2.45, 2.75) is 25.8 Å². The van der Waals surface area contributed by atoms with Crippen molar-refractivity contribution < 1.29 is 0 Å². The molecule has 0 radical (unpaired) electrons. The summed E-state index contributed by atoms with van der Waals surface area (Å²) in [5.41, 5.74) is 1.28. The standard InChI is InChI=1S/C13H21N5/c1-9-3-5-14-7-11(9)18(2)13-10-4-6-15-12(10)16-8-17-13/h8-9,11,14H,3-7H2,1-2H3,(H,15,16,17)/t9-,11+/m1/s1. The van der Waals surface area contributed by atoms with Gasteiger partial charge in [0.05, 0.1) is 0 Å². The van der Waals surface area contributed by atoms with E-state index in [0.717, 1.165) is 37.7 Å². The van der Waals surface area contributed by atoms with Crippen molar-refractivity contribution >= 4 is 11.6 Å². The summed E-state index contributed by atoms with van der Waals surface area (Å²) in [5.74, 6) is 2.82. The fraction of sp³-hybridized carbons (Fsp3) is 0.692. The van der Waals surface area contributed by atoms with Crippen molar-refractivity contribution in [1.82, 2.24) is 15.3 Å². The van der Waals surface area contributed by atoms with E-state index in [0.29, 0.717) is 12.0 Å². The Morgan fingerprint density at radius 2 is 2.22 bits per heavy atom. The van der Waals surface area contributed by atoms with Crippen LogP contribution >= 0.6 is 0 Å². The smallest absolute Gasteiger partial charge is 0.137 e. The summed E-state index contributed by atoms with van der Waals surface area (Å²) in [6.45, 7) is 5.49. The van der Waals surface area contributed by atoms with Crippen LogP contribution in [0.5, 0.6) is 0 Å². The van der Waals surface area contributed by atoms with Gasteiger partial charge in [-0.2, -0.15) is 0 Å². The zero-order valence-electron chi connectivity index (χ0n) is 11.1. The average Bonchev–Trinajstić information content (AvgIpc) is 2.86.